The highest BCUT2D eigenvalue weighted by molar-refractivity contribution is 5.90. The Labute approximate surface area is 823 Å². The average molecular weight is 1940 g/mol. The lowest BCUT2D eigenvalue weighted by atomic mass is 10.1. The zero-order valence-electron chi connectivity index (χ0n) is 82.5. The molecule has 7 fully saturated rings. The number of carbonyl (C=O) groups excluding carboxylic acids is 1. The van der Waals surface area contributed by atoms with Crippen molar-refractivity contribution >= 4 is 122 Å². The van der Waals surface area contributed by atoms with Crippen LogP contribution in [0.1, 0.15) is 19.4 Å². The summed E-state index contributed by atoms with van der Waals surface area (Å²) in [6, 6.07) is 65.9. The van der Waals surface area contributed by atoms with Crippen molar-refractivity contribution in [2.24, 2.45) is 0 Å². The lowest BCUT2D eigenvalue weighted by Gasteiger charge is -2.40. The van der Waals surface area contributed by atoms with E-state index in [2.05, 4.69) is 107 Å². The number of aliphatic hydroxyl groups excluding tert-OH is 5. The Hall–Kier alpha value is -13.4. The van der Waals surface area contributed by atoms with Crippen molar-refractivity contribution < 1.29 is 35.1 Å². The van der Waals surface area contributed by atoms with Gasteiger partial charge < -0.3 is 115 Å². The molecule has 7 saturated heterocycles. The number of aryl methyl sites for hydroxylation is 1. The maximum atomic E-state index is 12.3. The summed E-state index contributed by atoms with van der Waals surface area (Å²) in [6.07, 6.45) is 0. The molecule has 0 spiro atoms. The van der Waals surface area contributed by atoms with Gasteiger partial charge in [0.15, 0.2) is 0 Å². The van der Waals surface area contributed by atoms with E-state index >= 15 is 0 Å². The number of rotatable bonds is 14. The summed E-state index contributed by atoms with van der Waals surface area (Å²) in [5.74, 6) is 5.54. The first kappa shape index (κ1) is 103. The van der Waals surface area contributed by atoms with Crippen molar-refractivity contribution in [1.29, 1.82) is 0 Å². The van der Waals surface area contributed by atoms with Gasteiger partial charge in [-0.1, -0.05) is 121 Å². The number of anilines is 7. The summed E-state index contributed by atoms with van der Waals surface area (Å²) >= 11 is 0. The zero-order chi connectivity index (χ0) is 100. The molecule has 14 heterocycles. The second kappa shape index (κ2) is 47.9. The van der Waals surface area contributed by atoms with Crippen LogP contribution in [-0.2, 0) is 9.53 Å². The predicted octanol–water partition coefficient (Wildman–Crippen LogP) is 6.05. The van der Waals surface area contributed by atoms with E-state index in [9.17, 15) is 63.9 Å². The number of benzene rings is 7. The number of aromatic nitrogens is 7. The van der Waals surface area contributed by atoms with Gasteiger partial charge in [-0.15, -0.1) is 0 Å². The number of carbonyl (C=O) groups is 1. The molecule has 0 amide bonds. The van der Waals surface area contributed by atoms with Gasteiger partial charge in [0, 0.05) is 181 Å². The Morgan fingerprint density at radius 1 is 0.303 bits per heavy atom. The molecule has 7 aromatic carbocycles. The van der Waals surface area contributed by atoms with E-state index in [4.69, 9.17) is 4.74 Å². The fourth-order valence-electron chi connectivity index (χ4n) is 19.6. The van der Waals surface area contributed by atoms with Crippen LogP contribution in [-0.4, -0.2) is 357 Å². The van der Waals surface area contributed by atoms with Gasteiger partial charge in [-0.2, -0.15) is 0 Å². The van der Waals surface area contributed by atoms with Crippen LogP contribution in [0.15, 0.2) is 240 Å². The standard InChI is InChI=1S/C17H21N3O3.C16H21N3O2.4C15H19N3O2.C14H17N3O/c1-3-23-17(22)14-11-20(9-8-19(14)2)15-10-12-6-4-5-7-13(12)16(21)18-15;1-11-4-3-5-13-14(11)8-15(17-16(13)21)19-7-6-18(2)12(9-19)10-20;2*1-17-6-7-18(9-12(17)10-19)14-8-11-4-2-3-5-13(11)15(20)16-14;2*1-17-6-7-18(12(9-17)10-19)14-8-11-4-2-3-5-13(11)15(20)16-14;1-10-9-17(7-6-15-10)13-8-11-4-2-3-5-12(11)14(18)16-13/h4-7,10,14H,3,8-9,11H2,1-2H3,(H,18,21);3-5,8,12,20H,6-7,9-10H2,1-2H3,(H,17,21);4*2-5,8,12,19H,6-7,9-10H2,1H3,(H,16,20);2-5,8,10,15H,6-7,9H2,1H3,(H,16,18)/t;;4*12-;/m..1010./s1. The molecule has 7 atom stereocenters. The molecule has 7 aromatic heterocycles. The second-order valence-electron chi connectivity index (χ2n) is 37.8. The van der Waals surface area contributed by atoms with Crippen molar-refractivity contribution in [3.8, 4) is 0 Å². The minimum atomic E-state index is -0.321. The third kappa shape index (κ3) is 24.8. The minimum Gasteiger partial charge on any atom is -0.465 e. The van der Waals surface area contributed by atoms with Gasteiger partial charge in [0.25, 0.3) is 38.9 Å². The molecule has 752 valence electrons. The normalized spacial score (nSPS) is 20.2. The Kier molecular flexibility index (Phi) is 34.7. The maximum absolute atomic E-state index is 12.3. The van der Waals surface area contributed by atoms with Crippen molar-refractivity contribution in [1.82, 2.24) is 69.6 Å². The summed E-state index contributed by atoms with van der Waals surface area (Å²) in [7, 11) is 12.1. The van der Waals surface area contributed by atoms with E-state index in [0.29, 0.717) is 46.1 Å². The number of aliphatic hydroxyl groups is 5. The van der Waals surface area contributed by atoms with Gasteiger partial charge >= 0.3 is 5.97 Å². The van der Waals surface area contributed by atoms with Crippen LogP contribution in [0.2, 0.25) is 0 Å². The lowest BCUT2D eigenvalue weighted by molar-refractivity contribution is -0.149. The van der Waals surface area contributed by atoms with Gasteiger partial charge in [-0.25, -0.2) is 0 Å². The molecule has 7 aliphatic rings. The van der Waals surface area contributed by atoms with E-state index in [1.54, 1.807) is 6.92 Å². The van der Waals surface area contributed by atoms with Crippen molar-refractivity contribution in [2.75, 3.05) is 254 Å². The number of nitrogens with one attached hydrogen (secondary N) is 8. The molecule has 35 nitrogen and oxygen atoms in total. The van der Waals surface area contributed by atoms with Gasteiger partial charge in [0.05, 0.1) is 69.9 Å². The summed E-state index contributed by atoms with van der Waals surface area (Å²) < 4.78 is 5.15. The molecule has 0 saturated carbocycles. The third-order valence-electron chi connectivity index (χ3n) is 28.2. The summed E-state index contributed by atoms with van der Waals surface area (Å²) in [6.45, 7) is 24.1. The SMILES string of the molecule is CC1CN(c2cc3ccccc3c(=O)[nH]2)CCN1.CCOC(=O)C1CN(c2cc3ccccc3c(=O)[nH]2)CCN1C.CN1CCN(c2cc3ccccc3c(=O)[nH]2)C[C@@H]1CO.CN1CCN(c2cc3ccccc3c(=O)[nH]2)C[C@H]1CO.CN1CCN(c2cc3ccccc3c(=O)[nH]2)[C@@H](CO)C1.CN1CCN(c2cc3ccccc3c(=O)[nH]2)[C@H](CO)C1.Cc1cccc2c(=O)[nH]c(N3CCN(C)C(CO)C3)cc12. The topological polar surface area (TPSA) is 412 Å². The van der Waals surface area contributed by atoms with Crippen molar-refractivity contribution in [3.05, 3.63) is 284 Å². The quantitative estimate of drug-likeness (QED) is 0.0551. The first-order chi connectivity index (χ1) is 68.7. The van der Waals surface area contributed by atoms with Crippen LogP contribution < -0.4 is 78.5 Å². The molecule has 3 unspecified atom stereocenters. The minimum absolute atomic E-state index is 0.00529. The summed E-state index contributed by atoms with van der Waals surface area (Å²) in [5.41, 5.74) is 0.676. The van der Waals surface area contributed by atoms with E-state index in [1.807, 2.05) is 259 Å². The van der Waals surface area contributed by atoms with Gasteiger partial charge in [0.1, 0.15) is 46.8 Å². The Bertz CT molecular complexity index is 6880. The number of fused-ring (bicyclic) bond motifs is 7. The number of hydrogen-bond acceptors (Lipinski definition) is 28. The van der Waals surface area contributed by atoms with E-state index in [-0.39, 0.29) is 114 Å². The van der Waals surface area contributed by atoms with E-state index in [0.717, 1.165) is 226 Å². The van der Waals surface area contributed by atoms with Crippen LogP contribution in [0, 0.1) is 6.92 Å². The highest BCUT2D eigenvalue weighted by Crippen LogP contribution is 2.29. The lowest BCUT2D eigenvalue weighted by Crippen LogP contribution is -2.55. The Balaban J connectivity index is 0.000000125. The largest absolute Gasteiger partial charge is 0.465 e. The highest BCUT2D eigenvalue weighted by atomic mass is 16.5. The number of aromatic amines is 7. The number of esters is 1. The van der Waals surface area contributed by atoms with Gasteiger partial charge in [-0.05, 0) is 191 Å². The van der Waals surface area contributed by atoms with Crippen LogP contribution in [0.5, 0.6) is 0 Å². The second-order valence-corrected chi connectivity index (χ2v) is 37.8. The number of nitrogens with zero attached hydrogens (tertiary/aromatic N) is 13. The molecule has 7 aliphatic heterocycles. The average Bonchev–Trinajstić information content (AvgIpc) is 0.775. The fraction of sp³-hybridized carbons (Fsp3) is 0.402. The molecule has 0 radical (unpaired) electrons. The molecule has 35 heteroatoms. The maximum Gasteiger partial charge on any atom is 0.325 e. The molecule has 21 rings (SSSR count). The molecular weight excluding hydrogens is 1800 g/mol. The first-order valence-electron chi connectivity index (χ1n) is 48.9. The van der Waals surface area contributed by atoms with Crippen LogP contribution in [0.25, 0.3) is 75.4 Å². The molecule has 0 bridgehead atoms. The molecular formula is C107H135N21O14. The van der Waals surface area contributed by atoms with Gasteiger partial charge in [-0.3, -0.25) is 58.0 Å². The number of piperazine rings is 7. The van der Waals surface area contributed by atoms with Crippen LogP contribution in [0.3, 0.4) is 0 Å². The monoisotopic (exact) mass is 1940 g/mol. The number of hydrogen-bond donors (Lipinski definition) is 13. The molecule has 0 aliphatic carbocycles. The van der Waals surface area contributed by atoms with E-state index in [1.165, 1.54) is 0 Å². The Morgan fingerprint density at radius 3 is 0.908 bits per heavy atom. The smallest absolute Gasteiger partial charge is 0.325 e. The summed E-state index contributed by atoms with van der Waals surface area (Å²) in [4.78, 5) is 146. The summed E-state index contributed by atoms with van der Waals surface area (Å²) in [5, 5.41) is 62.4. The number of ether oxygens (including phenoxy) is 1. The number of H-pyrrole nitrogens is 7. The van der Waals surface area contributed by atoms with Crippen LogP contribution >= 0.6 is 0 Å². The highest BCUT2D eigenvalue weighted by Gasteiger charge is 2.35. The zero-order valence-corrected chi connectivity index (χ0v) is 82.5. The van der Waals surface area contributed by atoms with Gasteiger partial charge in [0.2, 0.25) is 0 Å². The third-order valence-corrected chi connectivity index (χ3v) is 28.2. The molecule has 13 N–H and O–H groups in total. The van der Waals surface area contributed by atoms with Crippen molar-refractivity contribution in [3.63, 3.8) is 0 Å². The molecule has 14 aromatic rings. The first-order valence-corrected chi connectivity index (χ1v) is 48.9. The fourth-order valence-corrected chi connectivity index (χ4v) is 19.6. The number of likely N-dealkylation sites (N-methyl/N-ethyl adjacent to an activating group) is 6. The van der Waals surface area contributed by atoms with Crippen molar-refractivity contribution in [2.45, 2.75) is 63.1 Å². The predicted molar refractivity (Wildman–Crippen MR) is 570 cm³/mol. The van der Waals surface area contributed by atoms with Crippen LogP contribution in [0.4, 0.5) is 40.7 Å². The Morgan fingerprint density at radius 2 is 0.585 bits per heavy atom. The number of pyridine rings is 7. The molecule has 142 heavy (non-hydrogen) atoms. The van der Waals surface area contributed by atoms with E-state index < -0.39 is 0 Å².